The van der Waals surface area contributed by atoms with Gasteiger partial charge in [0.2, 0.25) is 0 Å². The molecule has 0 saturated carbocycles. The normalized spacial score (nSPS) is 12.4. The quantitative estimate of drug-likeness (QED) is 0.743. The van der Waals surface area contributed by atoms with Crippen molar-refractivity contribution in [2.45, 2.75) is 6.10 Å². The number of hydrogen-bond acceptors (Lipinski definition) is 1. The first-order valence-electron chi connectivity index (χ1n) is 5.89. The van der Waals surface area contributed by atoms with E-state index in [1.165, 1.54) is 12.1 Å². The topological polar surface area (TPSA) is 9.23 Å². The Labute approximate surface area is 115 Å². The van der Waals surface area contributed by atoms with E-state index in [0.29, 0.717) is 18.1 Å². The molecule has 2 aromatic rings. The van der Waals surface area contributed by atoms with E-state index < -0.39 is 17.7 Å². The molecule has 0 saturated heterocycles. The van der Waals surface area contributed by atoms with Gasteiger partial charge in [-0.2, -0.15) is 0 Å². The van der Waals surface area contributed by atoms with Gasteiger partial charge in [-0.05, 0) is 23.3 Å². The Balaban J connectivity index is 2.36. The van der Waals surface area contributed by atoms with Crippen LogP contribution in [0.1, 0.15) is 17.2 Å². The molecule has 0 aliphatic heterocycles. The van der Waals surface area contributed by atoms with Crippen molar-refractivity contribution >= 4 is 11.6 Å². The maximum absolute atomic E-state index is 13.3. The molecule has 0 aliphatic carbocycles. The molecule has 0 aliphatic rings. The summed E-state index contributed by atoms with van der Waals surface area (Å²) in [5.41, 5.74) is 1.27. The lowest BCUT2D eigenvalue weighted by Gasteiger charge is -2.18. The number of alkyl halides is 1. The maximum Gasteiger partial charge on any atom is 0.126 e. The number of halogens is 3. The third kappa shape index (κ3) is 3.75. The fourth-order valence-electron chi connectivity index (χ4n) is 1.90. The number of ether oxygens (including phenoxy) is 1. The van der Waals surface area contributed by atoms with E-state index in [4.69, 9.17) is 16.3 Å². The lowest BCUT2D eigenvalue weighted by Crippen LogP contribution is -2.09. The van der Waals surface area contributed by atoms with Gasteiger partial charge in [0.05, 0.1) is 6.61 Å². The van der Waals surface area contributed by atoms with Gasteiger partial charge in [-0.25, -0.2) is 8.78 Å². The standard InChI is InChI=1S/C15H13ClF2O/c16-6-7-19-15(11-4-2-1-3-5-11)12-8-13(17)10-14(18)9-12/h1-5,8-10,15H,6-7H2. The van der Waals surface area contributed by atoms with Crippen molar-refractivity contribution in [3.05, 3.63) is 71.3 Å². The van der Waals surface area contributed by atoms with Gasteiger partial charge in [0.15, 0.2) is 0 Å². The Bertz CT molecular complexity index is 511. The molecule has 100 valence electrons. The summed E-state index contributed by atoms with van der Waals surface area (Å²) in [7, 11) is 0. The minimum absolute atomic E-state index is 0.305. The van der Waals surface area contributed by atoms with E-state index in [0.717, 1.165) is 11.6 Å². The molecule has 0 amide bonds. The molecule has 0 heterocycles. The smallest absolute Gasteiger partial charge is 0.126 e. The Morgan fingerprint density at radius 1 is 0.947 bits per heavy atom. The van der Waals surface area contributed by atoms with E-state index in [-0.39, 0.29) is 0 Å². The molecule has 2 aromatic carbocycles. The summed E-state index contributed by atoms with van der Waals surface area (Å²) < 4.78 is 32.2. The Morgan fingerprint density at radius 2 is 1.58 bits per heavy atom. The van der Waals surface area contributed by atoms with Crippen LogP contribution in [0.15, 0.2) is 48.5 Å². The lowest BCUT2D eigenvalue weighted by atomic mass is 10.0. The molecule has 1 nitrogen and oxygen atoms in total. The SMILES string of the molecule is Fc1cc(F)cc(C(OCCCl)c2ccccc2)c1. The van der Waals surface area contributed by atoms with Gasteiger partial charge in [-0.3, -0.25) is 0 Å². The van der Waals surface area contributed by atoms with Gasteiger partial charge in [-0.15, -0.1) is 11.6 Å². The van der Waals surface area contributed by atoms with Gasteiger partial charge in [0.25, 0.3) is 0 Å². The molecule has 1 unspecified atom stereocenters. The molecular formula is C15H13ClF2O. The van der Waals surface area contributed by atoms with Crippen molar-refractivity contribution in [2.24, 2.45) is 0 Å². The fraction of sp³-hybridized carbons (Fsp3) is 0.200. The van der Waals surface area contributed by atoms with Crippen LogP contribution in [0.5, 0.6) is 0 Å². The van der Waals surface area contributed by atoms with E-state index >= 15 is 0 Å². The van der Waals surface area contributed by atoms with Crippen molar-refractivity contribution in [1.82, 2.24) is 0 Å². The molecule has 2 rings (SSSR count). The summed E-state index contributed by atoms with van der Waals surface area (Å²) in [4.78, 5) is 0. The second kappa shape index (κ2) is 6.64. The van der Waals surface area contributed by atoms with Gasteiger partial charge in [0, 0.05) is 11.9 Å². The minimum Gasteiger partial charge on any atom is -0.368 e. The molecule has 0 N–H and O–H groups in total. The summed E-state index contributed by atoms with van der Waals surface area (Å²) in [5, 5.41) is 0. The predicted molar refractivity (Wildman–Crippen MR) is 71.3 cm³/mol. The highest BCUT2D eigenvalue weighted by Crippen LogP contribution is 2.27. The van der Waals surface area contributed by atoms with E-state index in [9.17, 15) is 8.78 Å². The van der Waals surface area contributed by atoms with Gasteiger partial charge in [-0.1, -0.05) is 30.3 Å². The van der Waals surface area contributed by atoms with Crippen LogP contribution in [-0.4, -0.2) is 12.5 Å². The van der Waals surface area contributed by atoms with Crippen LogP contribution < -0.4 is 0 Å². The molecule has 0 aromatic heterocycles. The summed E-state index contributed by atoms with van der Waals surface area (Å²) in [5.74, 6) is -0.919. The molecule has 0 spiro atoms. The van der Waals surface area contributed by atoms with Crippen LogP contribution in [0.2, 0.25) is 0 Å². The third-order valence-electron chi connectivity index (χ3n) is 2.65. The van der Waals surface area contributed by atoms with Crippen LogP contribution in [0.4, 0.5) is 8.78 Å². The molecule has 19 heavy (non-hydrogen) atoms. The van der Waals surface area contributed by atoms with Crippen molar-refractivity contribution in [3.63, 3.8) is 0 Å². The zero-order chi connectivity index (χ0) is 13.7. The van der Waals surface area contributed by atoms with Crippen molar-refractivity contribution in [1.29, 1.82) is 0 Å². The number of rotatable bonds is 5. The molecular weight excluding hydrogens is 270 g/mol. The largest absolute Gasteiger partial charge is 0.368 e. The third-order valence-corrected chi connectivity index (χ3v) is 2.81. The highest BCUT2D eigenvalue weighted by molar-refractivity contribution is 6.17. The average molecular weight is 283 g/mol. The zero-order valence-electron chi connectivity index (χ0n) is 10.2. The van der Waals surface area contributed by atoms with E-state index in [1.807, 2.05) is 30.3 Å². The van der Waals surface area contributed by atoms with Crippen molar-refractivity contribution in [3.8, 4) is 0 Å². The van der Waals surface area contributed by atoms with Crippen LogP contribution in [0.25, 0.3) is 0 Å². The van der Waals surface area contributed by atoms with Crippen LogP contribution in [0.3, 0.4) is 0 Å². The maximum atomic E-state index is 13.3. The Hall–Kier alpha value is -1.45. The Morgan fingerprint density at radius 3 is 2.16 bits per heavy atom. The number of hydrogen-bond donors (Lipinski definition) is 0. The van der Waals surface area contributed by atoms with E-state index in [2.05, 4.69) is 0 Å². The first-order valence-corrected chi connectivity index (χ1v) is 6.42. The van der Waals surface area contributed by atoms with Crippen molar-refractivity contribution in [2.75, 3.05) is 12.5 Å². The highest BCUT2D eigenvalue weighted by atomic mass is 35.5. The number of benzene rings is 2. The van der Waals surface area contributed by atoms with Crippen LogP contribution in [-0.2, 0) is 4.74 Å². The fourth-order valence-corrected chi connectivity index (χ4v) is 1.99. The summed E-state index contributed by atoms with van der Waals surface area (Å²) in [6, 6.07) is 12.7. The van der Waals surface area contributed by atoms with Crippen LogP contribution >= 0.6 is 11.6 Å². The van der Waals surface area contributed by atoms with Crippen LogP contribution in [0, 0.1) is 11.6 Å². The molecule has 1 atom stereocenters. The van der Waals surface area contributed by atoms with Crippen molar-refractivity contribution < 1.29 is 13.5 Å². The summed E-state index contributed by atoms with van der Waals surface area (Å²) in [6.07, 6.45) is -0.523. The first-order chi connectivity index (χ1) is 9.20. The van der Waals surface area contributed by atoms with E-state index in [1.54, 1.807) is 0 Å². The van der Waals surface area contributed by atoms with Gasteiger partial charge in [0.1, 0.15) is 17.7 Å². The minimum atomic E-state index is -0.620. The molecule has 0 fully saturated rings. The average Bonchev–Trinajstić information content (AvgIpc) is 2.39. The predicted octanol–water partition coefficient (Wildman–Crippen LogP) is 4.31. The highest BCUT2D eigenvalue weighted by Gasteiger charge is 2.16. The lowest BCUT2D eigenvalue weighted by molar-refractivity contribution is 0.0924. The zero-order valence-corrected chi connectivity index (χ0v) is 10.9. The second-order valence-corrected chi connectivity index (χ2v) is 4.43. The van der Waals surface area contributed by atoms with Gasteiger partial charge >= 0.3 is 0 Å². The first kappa shape index (κ1) is 14.0. The van der Waals surface area contributed by atoms with Gasteiger partial charge < -0.3 is 4.74 Å². The monoisotopic (exact) mass is 282 g/mol. The summed E-state index contributed by atoms with van der Waals surface area (Å²) in [6.45, 7) is 0.305. The molecule has 4 heteroatoms. The molecule has 0 bridgehead atoms. The summed E-state index contributed by atoms with van der Waals surface area (Å²) >= 11 is 5.61. The second-order valence-electron chi connectivity index (χ2n) is 4.05. The Kier molecular flexibility index (Phi) is 4.88. The molecule has 0 radical (unpaired) electrons.